The summed E-state index contributed by atoms with van der Waals surface area (Å²) in [5, 5.41) is 15.0. The summed E-state index contributed by atoms with van der Waals surface area (Å²) in [6.45, 7) is 4.45. The van der Waals surface area contributed by atoms with Crippen molar-refractivity contribution in [1.29, 1.82) is 0 Å². The van der Waals surface area contributed by atoms with Crippen LogP contribution in [-0.4, -0.2) is 35.2 Å². The molecule has 0 spiro atoms. The summed E-state index contributed by atoms with van der Waals surface area (Å²) in [4.78, 5) is 16.2. The van der Waals surface area contributed by atoms with Gasteiger partial charge in [-0.2, -0.15) is 0 Å². The van der Waals surface area contributed by atoms with Crippen molar-refractivity contribution < 1.29 is 9.90 Å². The maximum atomic E-state index is 11.7. The first-order valence-corrected chi connectivity index (χ1v) is 6.28. The molecule has 1 rings (SSSR count). The lowest BCUT2D eigenvalue weighted by molar-refractivity contribution is 0.0956. The second-order valence-corrected chi connectivity index (χ2v) is 4.86. The van der Waals surface area contributed by atoms with E-state index >= 15 is 0 Å². The monoisotopic (exact) mass is 258 g/mol. The van der Waals surface area contributed by atoms with Gasteiger partial charge in [-0.3, -0.25) is 4.79 Å². The van der Waals surface area contributed by atoms with Crippen molar-refractivity contribution in [2.75, 3.05) is 24.2 Å². The van der Waals surface area contributed by atoms with Crippen LogP contribution in [0.5, 0.6) is 0 Å². The number of nitrogens with one attached hydrogen (secondary N) is 2. The third-order valence-corrected chi connectivity index (χ3v) is 2.89. The number of rotatable bonds is 6. The number of thiazole rings is 1. The van der Waals surface area contributed by atoms with E-state index in [0.717, 1.165) is 0 Å². The van der Waals surface area contributed by atoms with Gasteiger partial charge >= 0.3 is 0 Å². The van der Waals surface area contributed by atoms with Gasteiger partial charge in [-0.1, -0.05) is 11.3 Å². The topological polar surface area (TPSA) is 100 Å². The molecule has 0 atom stereocenters. The average molecular weight is 258 g/mol. The Bertz CT molecular complexity index is 378. The van der Waals surface area contributed by atoms with E-state index < -0.39 is 0 Å². The highest BCUT2D eigenvalue weighted by molar-refractivity contribution is 7.18. The molecule has 6 nitrogen and oxygen atoms in total. The van der Waals surface area contributed by atoms with Crippen LogP contribution in [0.2, 0.25) is 0 Å². The van der Waals surface area contributed by atoms with E-state index in [1.807, 2.05) is 13.8 Å². The molecule has 0 aliphatic heterocycles. The van der Waals surface area contributed by atoms with Gasteiger partial charge in [-0.25, -0.2) is 4.98 Å². The number of anilines is 2. The molecule has 1 aromatic heterocycles. The van der Waals surface area contributed by atoms with Gasteiger partial charge < -0.3 is 21.5 Å². The minimum atomic E-state index is -0.245. The SMILES string of the molecule is CC(C)Nc1nc(N)c(C(=O)NCCCO)s1. The predicted molar refractivity (Wildman–Crippen MR) is 69.3 cm³/mol. The molecule has 1 aromatic rings. The number of hydrogen-bond donors (Lipinski definition) is 4. The summed E-state index contributed by atoms with van der Waals surface area (Å²) in [6.07, 6.45) is 0.529. The molecule has 1 amide bonds. The molecule has 96 valence electrons. The Morgan fingerprint density at radius 2 is 2.29 bits per heavy atom. The van der Waals surface area contributed by atoms with Crippen molar-refractivity contribution in [2.45, 2.75) is 26.3 Å². The van der Waals surface area contributed by atoms with Crippen LogP contribution in [-0.2, 0) is 0 Å². The zero-order valence-electron chi connectivity index (χ0n) is 9.99. The normalized spacial score (nSPS) is 10.6. The first-order valence-electron chi connectivity index (χ1n) is 5.46. The van der Waals surface area contributed by atoms with Gasteiger partial charge in [0.2, 0.25) is 0 Å². The average Bonchev–Trinajstić information content (AvgIpc) is 2.58. The molecule has 0 radical (unpaired) electrons. The van der Waals surface area contributed by atoms with Crippen LogP contribution < -0.4 is 16.4 Å². The Hall–Kier alpha value is -1.34. The van der Waals surface area contributed by atoms with E-state index in [-0.39, 0.29) is 24.4 Å². The number of nitrogens with two attached hydrogens (primary N) is 1. The van der Waals surface area contributed by atoms with Crippen LogP contribution in [0.15, 0.2) is 0 Å². The first kappa shape index (κ1) is 13.7. The molecule has 17 heavy (non-hydrogen) atoms. The van der Waals surface area contributed by atoms with Crippen molar-refractivity contribution in [3.63, 3.8) is 0 Å². The summed E-state index contributed by atoms with van der Waals surface area (Å²) in [6, 6.07) is 0.242. The fraction of sp³-hybridized carbons (Fsp3) is 0.600. The summed E-state index contributed by atoms with van der Waals surface area (Å²) >= 11 is 1.23. The van der Waals surface area contributed by atoms with Gasteiger partial charge in [0.25, 0.3) is 5.91 Å². The lowest BCUT2D eigenvalue weighted by Gasteiger charge is -2.04. The van der Waals surface area contributed by atoms with Crippen LogP contribution in [0.1, 0.15) is 29.9 Å². The number of amides is 1. The highest BCUT2D eigenvalue weighted by atomic mass is 32.1. The van der Waals surface area contributed by atoms with Crippen molar-refractivity contribution in [3.05, 3.63) is 4.88 Å². The van der Waals surface area contributed by atoms with E-state index in [1.54, 1.807) is 0 Å². The highest BCUT2D eigenvalue weighted by Gasteiger charge is 2.15. The Morgan fingerprint density at radius 1 is 1.59 bits per heavy atom. The van der Waals surface area contributed by atoms with Crippen LogP contribution in [0.25, 0.3) is 0 Å². The lowest BCUT2D eigenvalue weighted by atomic mass is 10.4. The molecule has 0 fully saturated rings. The highest BCUT2D eigenvalue weighted by Crippen LogP contribution is 2.25. The van der Waals surface area contributed by atoms with Crippen molar-refractivity contribution in [2.24, 2.45) is 0 Å². The molecule has 0 bridgehead atoms. The fourth-order valence-electron chi connectivity index (χ4n) is 1.16. The molecule has 0 aromatic carbocycles. The fourth-order valence-corrected chi connectivity index (χ4v) is 2.11. The number of nitrogens with zero attached hydrogens (tertiary/aromatic N) is 1. The summed E-state index contributed by atoms with van der Waals surface area (Å²) in [5.74, 6) is -0.00935. The molecular formula is C10H18N4O2S. The quantitative estimate of drug-likeness (QED) is 0.562. The minimum absolute atomic E-state index is 0.0542. The summed E-state index contributed by atoms with van der Waals surface area (Å²) in [7, 11) is 0. The zero-order valence-corrected chi connectivity index (χ0v) is 10.8. The number of aromatic nitrogens is 1. The minimum Gasteiger partial charge on any atom is -0.396 e. The van der Waals surface area contributed by atoms with Crippen molar-refractivity contribution in [1.82, 2.24) is 10.3 Å². The molecule has 1 heterocycles. The number of aliphatic hydroxyl groups is 1. The van der Waals surface area contributed by atoms with Gasteiger partial charge in [0.1, 0.15) is 10.7 Å². The van der Waals surface area contributed by atoms with Crippen LogP contribution in [0.3, 0.4) is 0 Å². The molecule has 7 heteroatoms. The summed E-state index contributed by atoms with van der Waals surface area (Å²) < 4.78 is 0. The van der Waals surface area contributed by atoms with Gasteiger partial charge in [0, 0.05) is 19.2 Å². The molecule has 0 unspecified atom stereocenters. The zero-order chi connectivity index (χ0) is 12.8. The second kappa shape index (κ2) is 6.41. The van der Waals surface area contributed by atoms with E-state index in [2.05, 4.69) is 15.6 Å². The Balaban J connectivity index is 2.63. The van der Waals surface area contributed by atoms with Crippen LogP contribution >= 0.6 is 11.3 Å². The molecule has 0 saturated heterocycles. The molecular weight excluding hydrogens is 240 g/mol. The third kappa shape index (κ3) is 4.20. The van der Waals surface area contributed by atoms with Crippen molar-refractivity contribution >= 4 is 28.2 Å². The first-order chi connectivity index (χ1) is 8.04. The largest absolute Gasteiger partial charge is 0.396 e. The van der Waals surface area contributed by atoms with Gasteiger partial charge in [-0.15, -0.1) is 0 Å². The van der Waals surface area contributed by atoms with E-state index in [0.29, 0.717) is 23.0 Å². The number of hydrogen-bond acceptors (Lipinski definition) is 6. The van der Waals surface area contributed by atoms with E-state index in [1.165, 1.54) is 11.3 Å². The molecule has 0 aliphatic rings. The maximum absolute atomic E-state index is 11.7. The lowest BCUT2D eigenvalue weighted by Crippen LogP contribution is -2.24. The Morgan fingerprint density at radius 3 is 2.88 bits per heavy atom. The molecule has 5 N–H and O–H groups in total. The van der Waals surface area contributed by atoms with E-state index in [9.17, 15) is 4.79 Å². The van der Waals surface area contributed by atoms with Crippen LogP contribution in [0, 0.1) is 0 Å². The number of carbonyl (C=O) groups is 1. The maximum Gasteiger partial charge on any atom is 0.265 e. The number of nitrogen functional groups attached to an aromatic ring is 1. The van der Waals surface area contributed by atoms with Gasteiger partial charge in [-0.05, 0) is 20.3 Å². The van der Waals surface area contributed by atoms with E-state index in [4.69, 9.17) is 10.8 Å². The molecule has 0 aliphatic carbocycles. The second-order valence-electron chi connectivity index (χ2n) is 3.87. The van der Waals surface area contributed by atoms with Gasteiger partial charge in [0.05, 0.1) is 0 Å². The third-order valence-electron chi connectivity index (χ3n) is 1.89. The smallest absolute Gasteiger partial charge is 0.265 e. The Kier molecular flexibility index (Phi) is 5.17. The van der Waals surface area contributed by atoms with Gasteiger partial charge in [0.15, 0.2) is 5.13 Å². The van der Waals surface area contributed by atoms with Crippen molar-refractivity contribution in [3.8, 4) is 0 Å². The van der Waals surface area contributed by atoms with Crippen LogP contribution in [0.4, 0.5) is 10.9 Å². The summed E-state index contributed by atoms with van der Waals surface area (Å²) in [5.41, 5.74) is 5.67. The molecule has 0 saturated carbocycles. The number of carbonyl (C=O) groups excluding carboxylic acids is 1. The number of aliphatic hydroxyl groups excluding tert-OH is 1. The predicted octanol–water partition coefficient (Wildman–Crippen LogP) is 0.658. The standard InChI is InChI=1S/C10H18N4O2S/c1-6(2)13-10-14-8(11)7(17-10)9(16)12-4-3-5-15/h6,15H,3-5,11H2,1-2H3,(H,12,16)(H,13,14). The Labute approximate surface area is 104 Å².